The molecule has 0 atom stereocenters. The Morgan fingerprint density at radius 1 is 1.17 bits per heavy atom. The first kappa shape index (κ1) is 15.7. The summed E-state index contributed by atoms with van der Waals surface area (Å²) in [6, 6.07) is 11.8. The van der Waals surface area contributed by atoms with Gasteiger partial charge in [0.1, 0.15) is 5.76 Å². The number of rotatable bonds is 3. The van der Waals surface area contributed by atoms with Crippen molar-refractivity contribution < 1.29 is 4.42 Å². The number of hydrogen-bond acceptors (Lipinski definition) is 3. The zero-order valence-corrected chi connectivity index (χ0v) is 14.0. The molecule has 1 N–H and O–H groups in total. The maximum atomic E-state index is 6.29. The molecule has 0 unspecified atom stereocenters. The third kappa shape index (κ3) is 3.79. The molecule has 2 aromatic rings. The molecule has 1 aliphatic rings. The van der Waals surface area contributed by atoms with Crippen LogP contribution in [0.25, 0.3) is 0 Å². The van der Waals surface area contributed by atoms with Gasteiger partial charge >= 0.3 is 0 Å². The second kappa shape index (κ2) is 7.42. The molecule has 3 rings (SSSR count). The fourth-order valence-corrected chi connectivity index (χ4v) is 3.03. The summed E-state index contributed by atoms with van der Waals surface area (Å²) >= 11 is 6.29. The Balaban J connectivity index is 1.56. The van der Waals surface area contributed by atoms with Gasteiger partial charge in [0.05, 0.1) is 23.5 Å². The third-order valence-corrected chi connectivity index (χ3v) is 4.30. The summed E-state index contributed by atoms with van der Waals surface area (Å²) in [5.74, 6) is 1.81. The van der Waals surface area contributed by atoms with Gasteiger partial charge < -0.3 is 19.5 Å². The molecule has 1 aromatic heterocycles. The Kier molecular flexibility index (Phi) is 5.08. The van der Waals surface area contributed by atoms with E-state index in [1.807, 2.05) is 37.4 Å². The molecule has 0 spiro atoms. The highest BCUT2D eigenvalue weighted by atomic mass is 35.5. The number of halogens is 1. The van der Waals surface area contributed by atoms with Gasteiger partial charge in [-0.25, -0.2) is 0 Å². The predicted molar refractivity (Wildman–Crippen MR) is 94.1 cm³/mol. The molecule has 6 heteroatoms. The molecular weight excluding hydrogens is 312 g/mol. The van der Waals surface area contributed by atoms with E-state index in [1.54, 1.807) is 6.26 Å². The van der Waals surface area contributed by atoms with E-state index in [2.05, 4.69) is 26.2 Å². The minimum Gasteiger partial charge on any atom is -0.467 e. The Hall–Kier alpha value is -2.14. The lowest BCUT2D eigenvalue weighted by molar-refractivity contribution is 0.370. The van der Waals surface area contributed by atoms with Crippen LogP contribution in [0.2, 0.25) is 5.02 Å². The SMILES string of the molecule is CN=C(NCc1ccco1)N1CCN(c2ccccc2Cl)CC1. The van der Waals surface area contributed by atoms with E-state index < -0.39 is 0 Å². The monoisotopic (exact) mass is 332 g/mol. The summed E-state index contributed by atoms with van der Waals surface area (Å²) in [6.45, 7) is 4.30. The second-order valence-corrected chi connectivity index (χ2v) is 5.81. The number of furan rings is 1. The van der Waals surface area contributed by atoms with Crippen LogP contribution in [0.15, 0.2) is 52.1 Å². The minimum atomic E-state index is 0.643. The minimum absolute atomic E-state index is 0.643. The molecule has 0 saturated carbocycles. The topological polar surface area (TPSA) is 44.0 Å². The van der Waals surface area contributed by atoms with Gasteiger partial charge in [-0.15, -0.1) is 0 Å². The molecule has 1 aromatic carbocycles. The fourth-order valence-electron chi connectivity index (χ4n) is 2.78. The first-order chi connectivity index (χ1) is 11.3. The van der Waals surface area contributed by atoms with Crippen molar-refractivity contribution in [1.82, 2.24) is 10.2 Å². The normalized spacial score (nSPS) is 15.8. The number of anilines is 1. The lowest BCUT2D eigenvalue weighted by atomic mass is 10.2. The maximum absolute atomic E-state index is 6.29. The largest absolute Gasteiger partial charge is 0.467 e. The summed E-state index contributed by atoms with van der Waals surface area (Å²) in [6.07, 6.45) is 1.68. The number of guanidine groups is 1. The molecule has 2 heterocycles. The van der Waals surface area contributed by atoms with Gasteiger partial charge in [0.15, 0.2) is 5.96 Å². The molecule has 5 nitrogen and oxygen atoms in total. The van der Waals surface area contributed by atoms with Crippen LogP contribution < -0.4 is 10.2 Å². The van der Waals surface area contributed by atoms with E-state index in [-0.39, 0.29) is 0 Å². The number of nitrogens with one attached hydrogen (secondary N) is 1. The summed E-state index contributed by atoms with van der Waals surface area (Å²) < 4.78 is 5.34. The fraction of sp³-hybridized carbons (Fsp3) is 0.353. The van der Waals surface area contributed by atoms with Crippen LogP contribution in [0, 0.1) is 0 Å². The van der Waals surface area contributed by atoms with Crippen molar-refractivity contribution in [2.24, 2.45) is 4.99 Å². The predicted octanol–water partition coefficient (Wildman–Crippen LogP) is 2.83. The van der Waals surface area contributed by atoms with E-state index in [1.165, 1.54) is 0 Å². The zero-order valence-electron chi connectivity index (χ0n) is 13.2. The van der Waals surface area contributed by atoms with E-state index >= 15 is 0 Å². The van der Waals surface area contributed by atoms with Gasteiger partial charge in [0, 0.05) is 33.2 Å². The number of hydrogen-bond donors (Lipinski definition) is 1. The Morgan fingerprint density at radius 3 is 2.61 bits per heavy atom. The number of piperazine rings is 1. The van der Waals surface area contributed by atoms with Crippen LogP contribution >= 0.6 is 11.6 Å². The Bertz CT molecular complexity index is 648. The highest BCUT2D eigenvalue weighted by molar-refractivity contribution is 6.33. The molecule has 1 saturated heterocycles. The van der Waals surface area contributed by atoms with Crippen LogP contribution in [0.4, 0.5) is 5.69 Å². The van der Waals surface area contributed by atoms with E-state index in [0.29, 0.717) is 6.54 Å². The van der Waals surface area contributed by atoms with Gasteiger partial charge in [-0.2, -0.15) is 0 Å². The first-order valence-corrected chi connectivity index (χ1v) is 8.13. The molecule has 1 aliphatic heterocycles. The van der Waals surface area contributed by atoms with Gasteiger partial charge in [0.2, 0.25) is 0 Å². The quantitative estimate of drug-likeness (QED) is 0.693. The van der Waals surface area contributed by atoms with Crippen molar-refractivity contribution in [2.75, 3.05) is 38.1 Å². The average molecular weight is 333 g/mol. The molecule has 0 radical (unpaired) electrons. The molecular formula is C17H21ClN4O. The van der Waals surface area contributed by atoms with Crippen molar-refractivity contribution in [3.05, 3.63) is 53.4 Å². The average Bonchev–Trinajstić information content (AvgIpc) is 3.10. The molecule has 0 bridgehead atoms. The van der Waals surface area contributed by atoms with E-state index in [4.69, 9.17) is 16.0 Å². The Morgan fingerprint density at radius 2 is 1.96 bits per heavy atom. The smallest absolute Gasteiger partial charge is 0.194 e. The second-order valence-electron chi connectivity index (χ2n) is 5.41. The lowest BCUT2D eigenvalue weighted by Crippen LogP contribution is -2.52. The van der Waals surface area contributed by atoms with Crippen LogP contribution in [-0.4, -0.2) is 44.1 Å². The van der Waals surface area contributed by atoms with Gasteiger partial charge in [-0.1, -0.05) is 23.7 Å². The molecule has 0 aliphatic carbocycles. The van der Waals surface area contributed by atoms with Crippen molar-refractivity contribution >= 4 is 23.2 Å². The first-order valence-electron chi connectivity index (χ1n) is 7.75. The van der Waals surface area contributed by atoms with Crippen molar-refractivity contribution in [3.8, 4) is 0 Å². The number of para-hydroxylation sites is 1. The molecule has 122 valence electrons. The summed E-state index contributed by atoms with van der Waals surface area (Å²) in [7, 11) is 1.81. The number of benzene rings is 1. The lowest BCUT2D eigenvalue weighted by Gasteiger charge is -2.37. The highest BCUT2D eigenvalue weighted by Gasteiger charge is 2.20. The maximum Gasteiger partial charge on any atom is 0.194 e. The van der Waals surface area contributed by atoms with Gasteiger partial charge in [-0.3, -0.25) is 4.99 Å². The van der Waals surface area contributed by atoms with Crippen molar-refractivity contribution in [3.63, 3.8) is 0 Å². The zero-order chi connectivity index (χ0) is 16.1. The van der Waals surface area contributed by atoms with Gasteiger partial charge in [-0.05, 0) is 24.3 Å². The summed E-state index contributed by atoms with van der Waals surface area (Å²) in [4.78, 5) is 8.95. The van der Waals surface area contributed by atoms with Crippen LogP contribution in [0.1, 0.15) is 5.76 Å². The van der Waals surface area contributed by atoms with Crippen molar-refractivity contribution in [2.45, 2.75) is 6.54 Å². The van der Waals surface area contributed by atoms with Crippen LogP contribution in [0.3, 0.4) is 0 Å². The van der Waals surface area contributed by atoms with E-state index in [0.717, 1.165) is 48.6 Å². The highest BCUT2D eigenvalue weighted by Crippen LogP contribution is 2.25. The van der Waals surface area contributed by atoms with E-state index in [9.17, 15) is 0 Å². The number of nitrogens with zero attached hydrogens (tertiary/aromatic N) is 3. The van der Waals surface area contributed by atoms with Crippen molar-refractivity contribution in [1.29, 1.82) is 0 Å². The Labute approximate surface area is 141 Å². The molecule has 23 heavy (non-hydrogen) atoms. The summed E-state index contributed by atoms with van der Waals surface area (Å²) in [5.41, 5.74) is 1.10. The van der Waals surface area contributed by atoms with Crippen LogP contribution in [0.5, 0.6) is 0 Å². The van der Waals surface area contributed by atoms with Crippen LogP contribution in [-0.2, 0) is 6.54 Å². The molecule has 0 amide bonds. The van der Waals surface area contributed by atoms with Gasteiger partial charge in [0.25, 0.3) is 0 Å². The number of aliphatic imine (C=N–C) groups is 1. The standard InChI is InChI=1S/C17H21ClN4O/c1-19-17(20-13-14-5-4-12-23-14)22-10-8-21(9-11-22)16-7-3-2-6-15(16)18/h2-7,12H,8-11,13H2,1H3,(H,19,20). The third-order valence-electron chi connectivity index (χ3n) is 3.98. The molecule has 1 fully saturated rings. The summed E-state index contributed by atoms with van der Waals surface area (Å²) in [5, 5.41) is 4.15.